The van der Waals surface area contributed by atoms with Crippen LogP contribution in [0.5, 0.6) is 0 Å². The Morgan fingerprint density at radius 2 is 1.48 bits per heavy atom. The number of para-hydroxylation sites is 1. The highest BCUT2D eigenvalue weighted by Gasteiger charge is 2.36. The molecule has 1 N–H and O–H groups in total. The van der Waals surface area contributed by atoms with E-state index in [4.69, 9.17) is 0 Å². The summed E-state index contributed by atoms with van der Waals surface area (Å²) in [5.74, 6) is -0.373. The van der Waals surface area contributed by atoms with Gasteiger partial charge in [0.25, 0.3) is 5.91 Å². The van der Waals surface area contributed by atoms with Crippen LogP contribution in [0.1, 0.15) is 5.56 Å². The number of rotatable bonds is 2. The lowest BCUT2D eigenvalue weighted by atomic mass is 10.2. The van der Waals surface area contributed by atoms with Crippen LogP contribution in [0.3, 0.4) is 0 Å². The van der Waals surface area contributed by atoms with Crippen molar-refractivity contribution in [2.45, 2.75) is 0 Å². The lowest BCUT2D eigenvalue weighted by Gasteiger charge is -2.11. The van der Waals surface area contributed by atoms with Crippen LogP contribution >= 0.6 is 15.9 Å². The topological polar surface area (TPSA) is 49.4 Å². The van der Waals surface area contributed by atoms with E-state index < -0.39 is 6.03 Å². The predicted octanol–water partition coefficient (Wildman–Crippen LogP) is 3.51. The monoisotopic (exact) mass is 342 g/mol. The third-order valence-electron chi connectivity index (χ3n) is 3.11. The number of anilines is 1. The van der Waals surface area contributed by atoms with Crippen molar-refractivity contribution in [3.05, 3.63) is 71.9 Å². The van der Waals surface area contributed by atoms with Gasteiger partial charge >= 0.3 is 6.03 Å². The molecule has 0 aromatic heterocycles. The van der Waals surface area contributed by atoms with Crippen LogP contribution in [0.15, 0.2) is 66.4 Å². The molecule has 5 heteroatoms. The van der Waals surface area contributed by atoms with Crippen molar-refractivity contribution in [3.8, 4) is 0 Å². The van der Waals surface area contributed by atoms with Crippen molar-refractivity contribution in [1.29, 1.82) is 0 Å². The SMILES string of the molecule is O=C1N/C(=C(/Br)c2ccccc2)C(=O)N1c1ccccc1. The van der Waals surface area contributed by atoms with Gasteiger partial charge in [-0.05, 0) is 33.6 Å². The van der Waals surface area contributed by atoms with Crippen molar-refractivity contribution >= 4 is 38.0 Å². The summed E-state index contributed by atoms with van der Waals surface area (Å²) in [4.78, 5) is 25.7. The maximum Gasteiger partial charge on any atom is 0.333 e. The molecule has 0 radical (unpaired) electrons. The quantitative estimate of drug-likeness (QED) is 0.670. The molecule has 0 atom stereocenters. The minimum absolute atomic E-state index is 0.245. The maximum atomic E-state index is 12.5. The summed E-state index contributed by atoms with van der Waals surface area (Å²) >= 11 is 3.40. The number of carbonyl (C=O) groups excluding carboxylic acids is 2. The molecule has 1 heterocycles. The number of benzene rings is 2. The molecular formula is C16H11BrN2O2. The van der Waals surface area contributed by atoms with Crippen LogP contribution in [-0.4, -0.2) is 11.9 Å². The smallest absolute Gasteiger partial charge is 0.301 e. The summed E-state index contributed by atoms with van der Waals surface area (Å²) in [6.45, 7) is 0. The number of hydrogen-bond acceptors (Lipinski definition) is 2. The van der Waals surface area contributed by atoms with Gasteiger partial charge in [-0.15, -0.1) is 0 Å². The molecule has 1 aliphatic heterocycles. The molecule has 1 fully saturated rings. The first-order valence-corrected chi connectivity index (χ1v) is 7.13. The second-order valence-corrected chi connectivity index (χ2v) is 5.25. The van der Waals surface area contributed by atoms with Crippen LogP contribution in [0.4, 0.5) is 10.5 Å². The number of hydrogen-bond donors (Lipinski definition) is 1. The first kappa shape index (κ1) is 13.6. The Kier molecular flexibility index (Phi) is 3.58. The van der Waals surface area contributed by atoms with E-state index in [1.807, 2.05) is 36.4 Å². The fraction of sp³-hybridized carbons (Fsp3) is 0. The molecule has 3 rings (SSSR count). The Balaban J connectivity index is 2.01. The van der Waals surface area contributed by atoms with Gasteiger partial charge in [-0.3, -0.25) is 4.79 Å². The number of halogens is 1. The molecule has 0 spiro atoms. The molecule has 1 saturated heterocycles. The number of nitrogens with one attached hydrogen (secondary N) is 1. The fourth-order valence-corrected chi connectivity index (χ4v) is 2.64. The lowest BCUT2D eigenvalue weighted by Crippen LogP contribution is -2.30. The van der Waals surface area contributed by atoms with Gasteiger partial charge in [-0.25, -0.2) is 9.69 Å². The van der Waals surface area contributed by atoms with Gasteiger partial charge in [-0.1, -0.05) is 48.5 Å². The lowest BCUT2D eigenvalue weighted by molar-refractivity contribution is -0.113. The molecule has 0 unspecified atom stereocenters. The van der Waals surface area contributed by atoms with Crippen molar-refractivity contribution < 1.29 is 9.59 Å². The normalized spacial score (nSPS) is 16.9. The highest BCUT2D eigenvalue weighted by Crippen LogP contribution is 2.29. The Morgan fingerprint density at radius 1 is 0.905 bits per heavy atom. The first-order chi connectivity index (χ1) is 10.2. The third-order valence-corrected chi connectivity index (χ3v) is 3.97. The standard InChI is InChI=1S/C16H11BrN2O2/c17-13(11-7-3-1-4-8-11)14-15(20)19(16(21)18-14)12-9-5-2-6-10-12/h1-10H,(H,18,21)/b14-13+. The molecule has 1 aliphatic rings. The van der Waals surface area contributed by atoms with E-state index in [-0.39, 0.29) is 11.6 Å². The third kappa shape index (κ3) is 2.48. The Hall–Kier alpha value is -2.40. The van der Waals surface area contributed by atoms with Crippen molar-refractivity contribution in [3.63, 3.8) is 0 Å². The fourth-order valence-electron chi connectivity index (χ4n) is 2.11. The van der Waals surface area contributed by atoms with Crippen molar-refractivity contribution in [2.75, 3.05) is 4.90 Å². The van der Waals surface area contributed by atoms with E-state index in [9.17, 15) is 9.59 Å². The highest BCUT2D eigenvalue weighted by molar-refractivity contribution is 9.15. The van der Waals surface area contributed by atoms with Gasteiger partial charge in [0.1, 0.15) is 5.70 Å². The van der Waals surface area contributed by atoms with Gasteiger partial charge in [-0.2, -0.15) is 0 Å². The first-order valence-electron chi connectivity index (χ1n) is 6.34. The summed E-state index contributed by atoms with van der Waals surface area (Å²) in [5.41, 5.74) is 1.62. The summed E-state index contributed by atoms with van der Waals surface area (Å²) in [5, 5.41) is 2.62. The highest BCUT2D eigenvalue weighted by atomic mass is 79.9. The number of urea groups is 1. The van der Waals surface area contributed by atoms with Crippen LogP contribution in [0.25, 0.3) is 4.48 Å². The molecule has 0 saturated carbocycles. The number of imide groups is 1. The number of amides is 3. The minimum atomic E-state index is -0.450. The average molecular weight is 343 g/mol. The van der Waals surface area contributed by atoms with Crippen molar-refractivity contribution in [2.24, 2.45) is 0 Å². The van der Waals surface area contributed by atoms with Gasteiger partial charge in [0.2, 0.25) is 0 Å². The molecule has 3 amide bonds. The van der Waals surface area contributed by atoms with Crippen LogP contribution in [-0.2, 0) is 4.79 Å². The molecule has 21 heavy (non-hydrogen) atoms. The van der Waals surface area contributed by atoms with E-state index in [2.05, 4.69) is 21.2 Å². The summed E-state index contributed by atoms with van der Waals surface area (Å²) < 4.78 is 0.569. The number of nitrogens with zero attached hydrogens (tertiary/aromatic N) is 1. The minimum Gasteiger partial charge on any atom is -0.301 e. The number of carbonyl (C=O) groups is 2. The molecule has 2 aromatic carbocycles. The second-order valence-electron chi connectivity index (χ2n) is 4.46. The molecule has 104 valence electrons. The largest absolute Gasteiger partial charge is 0.333 e. The van der Waals surface area contributed by atoms with E-state index in [0.717, 1.165) is 10.5 Å². The van der Waals surface area contributed by atoms with Crippen LogP contribution in [0, 0.1) is 0 Å². The zero-order valence-corrected chi connectivity index (χ0v) is 12.5. The average Bonchev–Trinajstić information content (AvgIpc) is 2.83. The van der Waals surface area contributed by atoms with Crippen LogP contribution in [0.2, 0.25) is 0 Å². The zero-order chi connectivity index (χ0) is 14.8. The predicted molar refractivity (Wildman–Crippen MR) is 84.7 cm³/mol. The van der Waals surface area contributed by atoms with E-state index >= 15 is 0 Å². The summed E-state index contributed by atoms with van der Waals surface area (Å²) in [7, 11) is 0. The zero-order valence-electron chi connectivity index (χ0n) is 10.9. The molecular weight excluding hydrogens is 332 g/mol. The van der Waals surface area contributed by atoms with Crippen LogP contribution < -0.4 is 10.2 Å². The summed E-state index contributed by atoms with van der Waals surface area (Å²) in [6.07, 6.45) is 0. The Bertz CT molecular complexity index is 726. The Morgan fingerprint density at radius 3 is 2.10 bits per heavy atom. The molecule has 4 nitrogen and oxygen atoms in total. The summed E-state index contributed by atoms with van der Waals surface area (Å²) in [6, 6.07) is 17.7. The van der Waals surface area contributed by atoms with Gasteiger partial charge in [0.15, 0.2) is 0 Å². The van der Waals surface area contributed by atoms with Gasteiger partial charge in [0, 0.05) is 0 Å². The van der Waals surface area contributed by atoms with E-state index in [1.165, 1.54) is 0 Å². The maximum absolute atomic E-state index is 12.5. The van der Waals surface area contributed by atoms with Gasteiger partial charge in [0.05, 0.1) is 10.2 Å². The second kappa shape index (κ2) is 5.54. The molecule has 0 bridgehead atoms. The van der Waals surface area contributed by atoms with E-state index in [1.54, 1.807) is 24.3 Å². The van der Waals surface area contributed by atoms with Gasteiger partial charge < -0.3 is 5.32 Å². The molecule has 0 aliphatic carbocycles. The Labute approximate surface area is 130 Å². The molecule has 2 aromatic rings. The van der Waals surface area contributed by atoms with Crippen molar-refractivity contribution in [1.82, 2.24) is 5.32 Å². The van der Waals surface area contributed by atoms with E-state index in [0.29, 0.717) is 10.2 Å².